The number of amides is 1. The first-order valence-corrected chi connectivity index (χ1v) is 7.07. The van der Waals surface area contributed by atoms with Crippen LogP contribution in [0.3, 0.4) is 0 Å². The van der Waals surface area contributed by atoms with Crippen LogP contribution in [-0.2, 0) is 10.2 Å². The number of rotatable bonds is 5. The molecule has 0 heterocycles. The zero-order valence-corrected chi connectivity index (χ0v) is 12.4. The van der Waals surface area contributed by atoms with E-state index in [9.17, 15) is 10.1 Å². The third kappa shape index (κ3) is 3.26. The van der Waals surface area contributed by atoms with E-state index in [-0.39, 0.29) is 0 Å². The number of carbonyl (C=O) groups excluding carboxylic acids is 1. The minimum absolute atomic E-state index is 0.334. The number of primary amides is 1. The van der Waals surface area contributed by atoms with E-state index in [4.69, 9.17) is 10.5 Å². The second-order valence-electron chi connectivity index (χ2n) is 5.20. The molecule has 0 unspecified atom stereocenters. The van der Waals surface area contributed by atoms with Crippen LogP contribution in [0.5, 0.6) is 0 Å². The Kier molecular flexibility index (Phi) is 4.80. The topological polar surface area (TPSA) is 76.1 Å². The zero-order valence-electron chi connectivity index (χ0n) is 12.4. The van der Waals surface area contributed by atoms with Crippen LogP contribution in [0.15, 0.2) is 60.7 Å². The van der Waals surface area contributed by atoms with E-state index in [1.54, 1.807) is 6.92 Å². The van der Waals surface area contributed by atoms with Crippen molar-refractivity contribution in [3.63, 3.8) is 0 Å². The third-order valence-electron chi connectivity index (χ3n) is 3.64. The predicted octanol–water partition coefficient (Wildman–Crippen LogP) is 3.37. The lowest BCUT2D eigenvalue weighted by Crippen LogP contribution is -2.33. The van der Waals surface area contributed by atoms with Gasteiger partial charge in [-0.05, 0) is 18.1 Å². The first-order valence-electron chi connectivity index (χ1n) is 7.07. The molecule has 0 aliphatic rings. The van der Waals surface area contributed by atoms with Gasteiger partial charge in [0.2, 0.25) is 0 Å². The summed E-state index contributed by atoms with van der Waals surface area (Å²) in [6.45, 7) is 1.74. The standard InChI is InChI=1S/C18H18N2O2/c1-14(22-17(20)21)12-18(13-19,15-8-4-2-5-9-15)16-10-6-3-7-11-16/h2-11,14H,12H2,1H3,(H2,20,21)/t14-/m1/s1. The molecule has 4 nitrogen and oxygen atoms in total. The van der Waals surface area contributed by atoms with Crippen LogP contribution in [0, 0.1) is 11.3 Å². The Bertz CT molecular complexity index is 623. The van der Waals surface area contributed by atoms with Crippen molar-refractivity contribution in [3.05, 3.63) is 71.8 Å². The van der Waals surface area contributed by atoms with Crippen molar-refractivity contribution < 1.29 is 9.53 Å². The number of hydrogen-bond acceptors (Lipinski definition) is 3. The Morgan fingerprint density at radius 3 is 1.95 bits per heavy atom. The third-order valence-corrected chi connectivity index (χ3v) is 3.64. The highest BCUT2D eigenvalue weighted by atomic mass is 16.6. The number of ether oxygens (including phenoxy) is 1. The predicted molar refractivity (Wildman–Crippen MR) is 84.0 cm³/mol. The van der Waals surface area contributed by atoms with Gasteiger partial charge in [0.25, 0.3) is 0 Å². The van der Waals surface area contributed by atoms with Gasteiger partial charge in [-0.3, -0.25) is 0 Å². The summed E-state index contributed by atoms with van der Waals surface area (Å²) in [5.41, 5.74) is 5.92. The monoisotopic (exact) mass is 294 g/mol. The average molecular weight is 294 g/mol. The Hall–Kier alpha value is -2.80. The van der Waals surface area contributed by atoms with E-state index < -0.39 is 17.6 Å². The summed E-state index contributed by atoms with van der Waals surface area (Å²) < 4.78 is 5.04. The van der Waals surface area contributed by atoms with Crippen molar-refractivity contribution >= 4 is 6.09 Å². The van der Waals surface area contributed by atoms with Gasteiger partial charge in [0.05, 0.1) is 6.07 Å². The maximum atomic E-state index is 11.0. The summed E-state index contributed by atoms with van der Waals surface area (Å²) in [5.74, 6) is 0. The van der Waals surface area contributed by atoms with Gasteiger partial charge in [-0.25, -0.2) is 4.79 Å². The van der Waals surface area contributed by atoms with Crippen LogP contribution in [0.1, 0.15) is 24.5 Å². The molecule has 112 valence electrons. The molecule has 0 radical (unpaired) electrons. The van der Waals surface area contributed by atoms with Crippen molar-refractivity contribution in [1.82, 2.24) is 0 Å². The summed E-state index contributed by atoms with van der Waals surface area (Å²) in [4.78, 5) is 11.0. The molecule has 0 saturated carbocycles. The molecular weight excluding hydrogens is 276 g/mol. The van der Waals surface area contributed by atoms with Gasteiger partial charge in [-0.1, -0.05) is 60.7 Å². The molecule has 0 fully saturated rings. The number of carbonyl (C=O) groups is 1. The van der Waals surface area contributed by atoms with Crippen molar-refractivity contribution in [2.45, 2.75) is 24.9 Å². The molecule has 4 heteroatoms. The van der Waals surface area contributed by atoms with E-state index in [1.165, 1.54) is 0 Å². The van der Waals surface area contributed by atoms with Crippen molar-refractivity contribution in [2.24, 2.45) is 5.73 Å². The number of benzene rings is 2. The fourth-order valence-corrected chi connectivity index (χ4v) is 2.69. The van der Waals surface area contributed by atoms with Gasteiger partial charge in [0.15, 0.2) is 0 Å². The quantitative estimate of drug-likeness (QED) is 0.918. The molecule has 2 N–H and O–H groups in total. The largest absolute Gasteiger partial charge is 0.447 e. The molecule has 22 heavy (non-hydrogen) atoms. The van der Waals surface area contributed by atoms with Gasteiger partial charge >= 0.3 is 6.09 Å². The Morgan fingerprint density at radius 1 is 1.14 bits per heavy atom. The van der Waals surface area contributed by atoms with Crippen molar-refractivity contribution in [1.29, 1.82) is 5.26 Å². The lowest BCUT2D eigenvalue weighted by molar-refractivity contribution is 0.104. The van der Waals surface area contributed by atoms with Crippen LogP contribution >= 0.6 is 0 Å². The van der Waals surface area contributed by atoms with Gasteiger partial charge in [0, 0.05) is 6.42 Å². The minimum Gasteiger partial charge on any atom is -0.447 e. The van der Waals surface area contributed by atoms with E-state index in [2.05, 4.69) is 6.07 Å². The molecule has 0 saturated heterocycles. The van der Waals surface area contributed by atoms with Gasteiger partial charge in [-0.2, -0.15) is 5.26 Å². The normalized spacial score (nSPS) is 12.2. The second-order valence-corrected chi connectivity index (χ2v) is 5.20. The summed E-state index contributed by atoms with van der Waals surface area (Å²) in [6, 6.07) is 21.4. The van der Waals surface area contributed by atoms with Crippen LogP contribution in [0.25, 0.3) is 0 Å². The highest BCUT2D eigenvalue weighted by Gasteiger charge is 2.36. The minimum atomic E-state index is -0.891. The second kappa shape index (κ2) is 6.77. The summed E-state index contributed by atoms with van der Waals surface area (Å²) in [5, 5.41) is 9.94. The van der Waals surface area contributed by atoms with Gasteiger partial charge in [-0.15, -0.1) is 0 Å². The zero-order chi connectivity index (χ0) is 16.0. The Morgan fingerprint density at radius 2 is 1.59 bits per heavy atom. The highest BCUT2D eigenvalue weighted by molar-refractivity contribution is 5.64. The SMILES string of the molecule is C[C@H](CC(C#N)(c1ccccc1)c1ccccc1)OC(N)=O. The lowest BCUT2D eigenvalue weighted by Gasteiger charge is -2.30. The molecule has 0 aromatic heterocycles. The van der Waals surface area contributed by atoms with Crippen LogP contribution in [0.2, 0.25) is 0 Å². The molecule has 2 rings (SSSR count). The molecular formula is C18H18N2O2. The first-order chi connectivity index (χ1) is 10.6. The maximum absolute atomic E-state index is 11.0. The Labute approximate surface area is 130 Å². The molecule has 2 aromatic carbocycles. The average Bonchev–Trinajstić information content (AvgIpc) is 2.53. The van der Waals surface area contributed by atoms with Gasteiger partial charge < -0.3 is 10.5 Å². The lowest BCUT2D eigenvalue weighted by atomic mass is 9.72. The number of nitrogens with two attached hydrogens (primary N) is 1. The van der Waals surface area contributed by atoms with Crippen molar-refractivity contribution in [2.75, 3.05) is 0 Å². The van der Waals surface area contributed by atoms with E-state index >= 15 is 0 Å². The highest BCUT2D eigenvalue weighted by Crippen LogP contribution is 2.36. The van der Waals surface area contributed by atoms with Crippen LogP contribution in [-0.4, -0.2) is 12.2 Å². The fraction of sp³-hybridized carbons (Fsp3) is 0.222. The molecule has 2 aromatic rings. The first kappa shape index (κ1) is 15.6. The molecule has 1 amide bonds. The molecule has 0 aliphatic carbocycles. The van der Waals surface area contributed by atoms with Gasteiger partial charge in [0.1, 0.15) is 11.5 Å². The molecule has 0 spiro atoms. The van der Waals surface area contributed by atoms with E-state index in [0.29, 0.717) is 6.42 Å². The van der Waals surface area contributed by atoms with E-state index in [1.807, 2.05) is 60.7 Å². The summed E-state index contributed by atoms with van der Waals surface area (Å²) >= 11 is 0. The Balaban J connectivity index is 2.49. The maximum Gasteiger partial charge on any atom is 0.404 e. The van der Waals surface area contributed by atoms with Crippen LogP contribution in [0.4, 0.5) is 4.79 Å². The fourth-order valence-electron chi connectivity index (χ4n) is 2.69. The smallest absolute Gasteiger partial charge is 0.404 e. The molecule has 0 bridgehead atoms. The summed E-state index contributed by atoms with van der Waals surface area (Å²) in [6.07, 6.45) is -0.974. The molecule has 1 atom stereocenters. The number of nitriles is 1. The molecule has 0 aliphatic heterocycles. The van der Waals surface area contributed by atoms with Crippen LogP contribution < -0.4 is 5.73 Å². The van der Waals surface area contributed by atoms with E-state index in [0.717, 1.165) is 11.1 Å². The summed E-state index contributed by atoms with van der Waals surface area (Å²) in [7, 11) is 0. The number of hydrogen-bond donors (Lipinski definition) is 1. The van der Waals surface area contributed by atoms with Crippen molar-refractivity contribution in [3.8, 4) is 6.07 Å². The number of nitrogens with zero attached hydrogens (tertiary/aromatic N) is 1.